The maximum atomic E-state index is 11.5. The molecule has 1 amide bonds. The SMILES string of the molecule is CNC(=O)C(C)CN(C)c1nc(C)nc(Cl)c1C=O. The van der Waals surface area contributed by atoms with Gasteiger partial charge in [0.15, 0.2) is 6.29 Å². The van der Waals surface area contributed by atoms with E-state index < -0.39 is 0 Å². The fraction of sp³-hybridized carbons (Fsp3) is 0.500. The van der Waals surface area contributed by atoms with Gasteiger partial charge in [-0.2, -0.15) is 0 Å². The van der Waals surface area contributed by atoms with Gasteiger partial charge in [0.05, 0.1) is 11.5 Å². The Hall–Kier alpha value is -1.69. The predicted octanol–water partition coefficient (Wildman–Crippen LogP) is 1.07. The van der Waals surface area contributed by atoms with E-state index in [0.717, 1.165) is 0 Å². The molecule has 0 spiro atoms. The van der Waals surface area contributed by atoms with Crippen molar-refractivity contribution in [3.05, 3.63) is 16.5 Å². The van der Waals surface area contributed by atoms with Gasteiger partial charge in [0.2, 0.25) is 5.91 Å². The Morgan fingerprint density at radius 1 is 1.53 bits per heavy atom. The minimum atomic E-state index is -0.233. The number of rotatable bonds is 5. The standard InChI is InChI=1S/C12H17ClN4O2/c1-7(12(19)14-3)5-17(4)11-9(6-18)10(13)15-8(2)16-11/h6-7H,5H2,1-4H3,(H,14,19). The third kappa shape index (κ3) is 3.64. The number of hydrogen-bond donors (Lipinski definition) is 1. The van der Waals surface area contributed by atoms with Crippen molar-refractivity contribution in [2.45, 2.75) is 13.8 Å². The van der Waals surface area contributed by atoms with Gasteiger partial charge in [-0.25, -0.2) is 9.97 Å². The number of hydrogen-bond acceptors (Lipinski definition) is 5. The second-order valence-corrected chi connectivity index (χ2v) is 4.67. The molecule has 1 aromatic heterocycles. The molecule has 0 saturated heterocycles. The summed E-state index contributed by atoms with van der Waals surface area (Å²) in [4.78, 5) is 32.4. The Morgan fingerprint density at radius 2 is 2.16 bits per heavy atom. The van der Waals surface area contributed by atoms with E-state index in [1.807, 2.05) is 0 Å². The zero-order valence-electron chi connectivity index (χ0n) is 11.4. The lowest BCUT2D eigenvalue weighted by molar-refractivity contribution is -0.123. The molecule has 6 nitrogen and oxygen atoms in total. The average molecular weight is 285 g/mol. The fourth-order valence-electron chi connectivity index (χ4n) is 1.75. The van der Waals surface area contributed by atoms with Crippen LogP contribution in [0.5, 0.6) is 0 Å². The van der Waals surface area contributed by atoms with Gasteiger partial charge < -0.3 is 10.2 Å². The molecule has 1 rings (SSSR count). The summed E-state index contributed by atoms with van der Waals surface area (Å²) in [7, 11) is 3.34. The third-order valence-electron chi connectivity index (χ3n) is 2.71. The molecule has 0 aromatic carbocycles. The molecule has 104 valence electrons. The number of anilines is 1. The molecule has 19 heavy (non-hydrogen) atoms. The van der Waals surface area contributed by atoms with Crippen LogP contribution in [0, 0.1) is 12.8 Å². The topological polar surface area (TPSA) is 75.2 Å². The summed E-state index contributed by atoms with van der Waals surface area (Å²) in [5.74, 6) is 0.605. The normalized spacial score (nSPS) is 11.8. The van der Waals surface area contributed by atoms with Crippen molar-refractivity contribution in [3.63, 3.8) is 0 Å². The molecular formula is C12H17ClN4O2. The second kappa shape index (κ2) is 6.47. The Morgan fingerprint density at radius 3 is 2.68 bits per heavy atom. The van der Waals surface area contributed by atoms with E-state index in [-0.39, 0.29) is 22.5 Å². The molecular weight excluding hydrogens is 268 g/mol. The number of amides is 1. The first-order valence-corrected chi connectivity index (χ1v) is 6.20. The van der Waals surface area contributed by atoms with Crippen LogP contribution in [0.4, 0.5) is 5.82 Å². The summed E-state index contributed by atoms with van der Waals surface area (Å²) in [6.45, 7) is 3.92. The summed E-state index contributed by atoms with van der Waals surface area (Å²) < 4.78 is 0. The van der Waals surface area contributed by atoms with E-state index in [1.54, 1.807) is 32.8 Å². The highest BCUT2D eigenvalue weighted by atomic mass is 35.5. The number of nitrogens with zero attached hydrogens (tertiary/aromatic N) is 3. The summed E-state index contributed by atoms with van der Waals surface area (Å²) >= 11 is 5.92. The first-order chi connectivity index (χ1) is 8.90. The van der Waals surface area contributed by atoms with Crippen molar-refractivity contribution >= 4 is 29.6 Å². The van der Waals surface area contributed by atoms with E-state index in [1.165, 1.54) is 0 Å². The van der Waals surface area contributed by atoms with Crippen LogP contribution in [0.1, 0.15) is 23.1 Å². The molecule has 0 bridgehead atoms. The van der Waals surface area contributed by atoms with Crippen LogP contribution < -0.4 is 10.2 Å². The minimum absolute atomic E-state index is 0.0728. The van der Waals surface area contributed by atoms with Crippen LogP contribution in [0.15, 0.2) is 0 Å². The number of aldehydes is 1. The first kappa shape index (κ1) is 15.4. The van der Waals surface area contributed by atoms with E-state index in [9.17, 15) is 9.59 Å². The molecule has 1 unspecified atom stereocenters. The van der Waals surface area contributed by atoms with Gasteiger partial charge in [-0.3, -0.25) is 9.59 Å². The maximum Gasteiger partial charge on any atom is 0.224 e. The van der Waals surface area contributed by atoms with Crippen LogP contribution in [0.25, 0.3) is 0 Å². The Bertz CT molecular complexity index is 493. The van der Waals surface area contributed by atoms with Gasteiger partial charge >= 0.3 is 0 Å². The van der Waals surface area contributed by atoms with E-state index >= 15 is 0 Å². The van der Waals surface area contributed by atoms with Crippen molar-refractivity contribution < 1.29 is 9.59 Å². The Balaban J connectivity index is 3.02. The molecule has 0 aliphatic rings. The maximum absolute atomic E-state index is 11.5. The lowest BCUT2D eigenvalue weighted by Crippen LogP contribution is -2.35. The third-order valence-corrected chi connectivity index (χ3v) is 3.00. The number of nitrogens with one attached hydrogen (secondary N) is 1. The molecule has 1 atom stereocenters. The lowest BCUT2D eigenvalue weighted by atomic mass is 10.1. The number of carbonyl (C=O) groups excluding carboxylic acids is 2. The van der Waals surface area contributed by atoms with Crippen LogP contribution in [-0.2, 0) is 4.79 Å². The van der Waals surface area contributed by atoms with Crippen LogP contribution in [0.2, 0.25) is 5.15 Å². The largest absolute Gasteiger partial charge is 0.359 e. The summed E-state index contributed by atoms with van der Waals surface area (Å²) in [6, 6.07) is 0. The number of aromatic nitrogens is 2. The van der Waals surface area contributed by atoms with Gasteiger partial charge in [-0.15, -0.1) is 0 Å². The van der Waals surface area contributed by atoms with Crippen molar-refractivity contribution in [2.24, 2.45) is 5.92 Å². The smallest absolute Gasteiger partial charge is 0.224 e. The highest BCUT2D eigenvalue weighted by Gasteiger charge is 2.19. The summed E-state index contributed by atoms with van der Waals surface area (Å²) in [5, 5.41) is 2.70. The van der Waals surface area contributed by atoms with Crippen molar-refractivity contribution in [1.29, 1.82) is 0 Å². The minimum Gasteiger partial charge on any atom is -0.359 e. The van der Waals surface area contributed by atoms with Gasteiger partial charge in [0.25, 0.3) is 0 Å². The molecule has 0 fully saturated rings. The summed E-state index contributed by atoms with van der Waals surface area (Å²) in [6.07, 6.45) is 0.623. The molecule has 1 aromatic rings. The zero-order chi connectivity index (χ0) is 14.6. The molecule has 1 heterocycles. The average Bonchev–Trinajstić information content (AvgIpc) is 2.36. The van der Waals surface area contributed by atoms with Crippen molar-refractivity contribution in [1.82, 2.24) is 15.3 Å². The van der Waals surface area contributed by atoms with E-state index in [0.29, 0.717) is 24.5 Å². The number of halogens is 1. The number of carbonyl (C=O) groups is 2. The quantitative estimate of drug-likeness (QED) is 0.647. The van der Waals surface area contributed by atoms with Gasteiger partial charge in [0, 0.05) is 20.6 Å². The lowest BCUT2D eigenvalue weighted by Gasteiger charge is -2.23. The Labute approximate surface area is 117 Å². The van der Waals surface area contributed by atoms with Gasteiger partial charge in [0.1, 0.15) is 16.8 Å². The van der Waals surface area contributed by atoms with E-state index in [4.69, 9.17) is 11.6 Å². The molecule has 0 radical (unpaired) electrons. The van der Waals surface area contributed by atoms with Crippen LogP contribution in [-0.4, -0.2) is 42.8 Å². The van der Waals surface area contributed by atoms with Crippen molar-refractivity contribution in [2.75, 3.05) is 25.5 Å². The molecule has 0 aliphatic carbocycles. The molecule has 1 N–H and O–H groups in total. The predicted molar refractivity (Wildman–Crippen MR) is 73.7 cm³/mol. The van der Waals surface area contributed by atoms with Gasteiger partial charge in [-0.1, -0.05) is 18.5 Å². The van der Waals surface area contributed by atoms with E-state index in [2.05, 4.69) is 15.3 Å². The summed E-state index contributed by atoms with van der Waals surface area (Å²) in [5.41, 5.74) is 0.235. The van der Waals surface area contributed by atoms with Crippen LogP contribution in [0.3, 0.4) is 0 Å². The first-order valence-electron chi connectivity index (χ1n) is 5.82. The zero-order valence-corrected chi connectivity index (χ0v) is 12.2. The highest BCUT2D eigenvalue weighted by Crippen LogP contribution is 2.22. The number of aryl methyl sites for hydroxylation is 1. The van der Waals surface area contributed by atoms with Crippen molar-refractivity contribution in [3.8, 4) is 0 Å². The monoisotopic (exact) mass is 284 g/mol. The second-order valence-electron chi connectivity index (χ2n) is 4.31. The molecule has 0 aliphatic heterocycles. The van der Waals surface area contributed by atoms with Crippen LogP contribution >= 0.6 is 11.6 Å². The fourth-order valence-corrected chi connectivity index (χ4v) is 2.00. The Kier molecular flexibility index (Phi) is 5.23. The van der Waals surface area contributed by atoms with Gasteiger partial charge in [-0.05, 0) is 6.92 Å². The molecule has 7 heteroatoms. The highest BCUT2D eigenvalue weighted by molar-refractivity contribution is 6.32. The molecule has 0 saturated carbocycles.